The SMILES string of the molecule is O=S(=O)(NC(CO)(CO)CO)c1cccc(C(F)(F)F)c1. The Morgan fingerprint density at radius 2 is 1.57 bits per heavy atom. The van der Waals surface area contributed by atoms with Crippen LogP contribution in [0.25, 0.3) is 0 Å². The summed E-state index contributed by atoms with van der Waals surface area (Å²) in [6.45, 7) is -2.80. The van der Waals surface area contributed by atoms with Crippen LogP contribution in [-0.2, 0) is 16.2 Å². The first-order valence-electron chi connectivity index (χ1n) is 5.64. The lowest BCUT2D eigenvalue weighted by atomic mass is 10.1. The van der Waals surface area contributed by atoms with Crippen molar-refractivity contribution in [2.24, 2.45) is 0 Å². The third-order valence-corrected chi connectivity index (χ3v) is 4.31. The van der Waals surface area contributed by atoms with Crippen LogP contribution in [0.2, 0.25) is 0 Å². The maximum absolute atomic E-state index is 12.6. The van der Waals surface area contributed by atoms with Gasteiger partial charge in [0.1, 0.15) is 5.54 Å². The maximum Gasteiger partial charge on any atom is 0.416 e. The highest BCUT2D eigenvalue weighted by Gasteiger charge is 2.36. The van der Waals surface area contributed by atoms with Crippen LogP contribution in [0.1, 0.15) is 5.56 Å². The van der Waals surface area contributed by atoms with Crippen LogP contribution >= 0.6 is 0 Å². The van der Waals surface area contributed by atoms with Crippen LogP contribution in [0.5, 0.6) is 0 Å². The first-order chi connectivity index (χ1) is 9.60. The minimum Gasteiger partial charge on any atom is -0.394 e. The highest BCUT2D eigenvalue weighted by atomic mass is 32.2. The summed E-state index contributed by atoms with van der Waals surface area (Å²) in [6, 6.07) is 2.96. The lowest BCUT2D eigenvalue weighted by Gasteiger charge is -2.28. The van der Waals surface area contributed by atoms with E-state index < -0.39 is 52.0 Å². The number of sulfonamides is 1. The summed E-state index contributed by atoms with van der Waals surface area (Å²) in [5.41, 5.74) is -3.12. The molecular weight excluding hydrogens is 315 g/mol. The van der Waals surface area contributed by atoms with Crippen LogP contribution in [-0.4, -0.2) is 49.1 Å². The van der Waals surface area contributed by atoms with Gasteiger partial charge in [0, 0.05) is 0 Å². The number of aliphatic hydroxyl groups is 3. The zero-order valence-electron chi connectivity index (χ0n) is 10.6. The first kappa shape index (κ1) is 17.9. The Morgan fingerprint density at radius 3 is 2.00 bits per heavy atom. The van der Waals surface area contributed by atoms with Crippen molar-refractivity contribution >= 4 is 10.0 Å². The van der Waals surface area contributed by atoms with Crippen LogP contribution in [0.4, 0.5) is 13.2 Å². The van der Waals surface area contributed by atoms with Crippen molar-refractivity contribution in [1.29, 1.82) is 0 Å². The number of benzene rings is 1. The van der Waals surface area contributed by atoms with Gasteiger partial charge in [0.15, 0.2) is 0 Å². The van der Waals surface area contributed by atoms with Crippen molar-refractivity contribution < 1.29 is 36.9 Å². The van der Waals surface area contributed by atoms with E-state index in [1.54, 1.807) is 4.72 Å². The Labute approximate surface area is 118 Å². The van der Waals surface area contributed by atoms with E-state index >= 15 is 0 Å². The zero-order valence-corrected chi connectivity index (χ0v) is 11.4. The van der Waals surface area contributed by atoms with Crippen LogP contribution in [0.3, 0.4) is 0 Å². The molecule has 0 fully saturated rings. The van der Waals surface area contributed by atoms with Crippen molar-refractivity contribution in [2.45, 2.75) is 16.6 Å². The molecule has 0 atom stereocenters. The molecule has 1 rings (SSSR count). The minimum absolute atomic E-state index is 0.416. The Morgan fingerprint density at radius 1 is 1.05 bits per heavy atom. The second-order valence-corrected chi connectivity index (χ2v) is 6.07. The van der Waals surface area contributed by atoms with E-state index in [1.165, 1.54) is 0 Å². The molecule has 1 aromatic carbocycles. The summed E-state index contributed by atoms with van der Waals surface area (Å²) in [7, 11) is -4.47. The number of alkyl halides is 3. The van der Waals surface area contributed by atoms with Crippen molar-refractivity contribution in [1.82, 2.24) is 4.72 Å². The Hall–Kier alpha value is -1.20. The fraction of sp³-hybridized carbons (Fsp3) is 0.455. The van der Waals surface area contributed by atoms with Gasteiger partial charge in [-0.15, -0.1) is 0 Å². The van der Waals surface area contributed by atoms with E-state index in [0.29, 0.717) is 12.1 Å². The quantitative estimate of drug-likeness (QED) is 0.573. The minimum atomic E-state index is -4.71. The van der Waals surface area contributed by atoms with Gasteiger partial charge in [0.05, 0.1) is 30.3 Å². The molecule has 1 aromatic rings. The largest absolute Gasteiger partial charge is 0.416 e. The highest BCUT2D eigenvalue weighted by molar-refractivity contribution is 7.89. The molecule has 0 saturated carbocycles. The molecule has 0 spiro atoms. The molecule has 0 aliphatic carbocycles. The first-order valence-corrected chi connectivity index (χ1v) is 7.12. The summed E-state index contributed by atoms with van der Waals surface area (Å²) in [6.07, 6.45) is -4.71. The van der Waals surface area contributed by atoms with Gasteiger partial charge in [-0.1, -0.05) is 6.07 Å². The van der Waals surface area contributed by atoms with Crippen molar-refractivity contribution in [2.75, 3.05) is 19.8 Å². The van der Waals surface area contributed by atoms with Gasteiger partial charge < -0.3 is 15.3 Å². The van der Waals surface area contributed by atoms with E-state index in [-0.39, 0.29) is 0 Å². The number of rotatable bonds is 6. The number of hydrogen-bond acceptors (Lipinski definition) is 5. The fourth-order valence-electron chi connectivity index (χ4n) is 1.43. The average molecular weight is 329 g/mol. The van der Waals surface area contributed by atoms with Crippen LogP contribution in [0.15, 0.2) is 29.2 Å². The number of aliphatic hydroxyl groups excluding tert-OH is 3. The predicted molar refractivity (Wildman–Crippen MR) is 65.8 cm³/mol. The summed E-state index contributed by atoms with van der Waals surface area (Å²) >= 11 is 0. The molecule has 0 unspecified atom stereocenters. The molecule has 0 radical (unpaired) electrons. The molecule has 0 aromatic heterocycles. The van der Waals surface area contributed by atoms with Crippen molar-refractivity contribution in [3.63, 3.8) is 0 Å². The number of nitrogens with one attached hydrogen (secondary N) is 1. The van der Waals surface area contributed by atoms with Gasteiger partial charge in [-0.3, -0.25) is 0 Å². The van der Waals surface area contributed by atoms with Gasteiger partial charge >= 0.3 is 6.18 Å². The molecule has 0 heterocycles. The Kier molecular flexibility index (Phi) is 5.34. The second-order valence-electron chi connectivity index (χ2n) is 4.39. The molecule has 4 N–H and O–H groups in total. The average Bonchev–Trinajstić information content (AvgIpc) is 2.44. The number of hydrogen-bond donors (Lipinski definition) is 4. The molecule has 21 heavy (non-hydrogen) atoms. The van der Waals surface area contributed by atoms with E-state index in [9.17, 15) is 21.6 Å². The summed E-state index contributed by atoms with van der Waals surface area (Å²) in [5.74, 6) is 0. The molecule has 10 heteroatoms. The Balaban J connectivity index is 3.20. The fourth-order valence-corrected chi connectivity index (χ4v) is 2.85. The van der Waals surface area contributed by atoms with Crippen molar-refractivity contribution in [3.05, 3.63) is 29.8 Å². The summed E-state index contributed by atoms with van der Waals surface area (Å²) in [4.78, 5) is -0.697. The molecule has 0 amide bonds. The van der Waals surface area contributed by atoms with Crippen molar-refractivity contribution in [3.8, 4) is 0 Å². The highest BCUT2D eigenvalue weighted by Crippen LogP contribution is 2.30. The molecular formula is C11H14F3NO5S. The van der Waals surface area contributed by atoms with E-state index in [1.807, 2.05) is 0 Å². The second kappa shape index (κ2) is 6.28. The van der Waals surface area contributed by atoms with E-state index in [0.717, 1.165) is 12.1 Å². The smallest absolute Gasteiger partial charge is 0.394 e. The molecule has 120 valence electrons. The lowest BCUT2D eigenvalue weighted by molar-refractivity contribution is -0.137. The van der Waals surface area contributed by atoms with Gasteiger partial charge in [-0.25, -0.2) is 8.42 Å². The summed E-state index contributed by atoms with van der Waals surface area (Å²) in [5, 5.41) is 27.1. The monoisotopic (exact) mass is 329 g/mol. The topological polar surface area (TPSA) is 107 Å². The van der Waals surface area contributed by atoms with Gasteiger partial charge in [0.25, 0.3) is 0 Å². The zero-order chi connectivity index (χ0) is 16.3. The lowest BCUT2D eigenvalue weighted by Crippen LogP contribution is -2.56. The van der Waals surface area contributed by atoms with Gasteiger partial charge in [-0.2, -0.15) is 17.9 Å². The van der Waals surface area contributed by atoms with Gasteiger partial charge in [0.2, 0.25) is 10.0 Å². The third-order valence-electron chi connectivity index (χ3n) is 2.73. The molecule has 0 bridgehead atoms. The Bertz CT molecular complexity index is 576. The standard InChI is InChI=1S/C11H14F3NO5S/c12-11(13,14)8-2-1-3-9(4-8)21(19,20)15-10(5-16,6-17)7-18/h1-4,15-18H,5-7H2. The predicted octanol–water partition coefficient (Wildman–Crippen LogP) is -0.301. The maximum atomic E-state index is 12.6. The normalized spacial score (nSPS) is 13.4. The molecule has 6 nitrogen and oxygen atoms in total. The molecule has 0 aliphatic rings. The van der Waals surface area contributed by atoms with Gasteiger partial charge in [-0.05, 0) is 18.2 Å². The van der Waals surface area contributed by atoms with E-state index in [2.05, 4.69) is 0 Å². The van der Waals surface area contributed by atoms with Crippen LogP contribution in [0, 0.1) is 0 Å². The summed E-state index contributed by atoms with van der Waals surface area (Å²) < 4.78 is 63.5. The van der Waals surface area contributed by atoms with E-state index in [4.69, 9.17) is 15.3 Å². The molecule has 0 saturated heterocycles. The third kappa shape index (κ3) is 4.14. The number of halogens is 3. The van der Waals surface area contributed by atoms with Crippen LogP contribution < -0.4 is 4.72 Å². The molecule has 0 aliphatic heterocycles.